The second-order valence-electron chi connectivity index (χ2n) is 8.89. The Labute approximate surface area is 200 Å². The third-order valence-corrected chi connectivity index (χ3v) is 8.40. The molecule has 0 aliphatic carbocycles. The number of hydrogen-bond donors (Lipinski definition) is 1. The van der Waals surface area contributed by atoms with Crippen molar-refractivity contribution in [1.29, 1.82) is 0 Å². The van der Waals surface area contributed by atoms with Gasteiger partial charge in [-0.1, -0.05) is 60.7 Å². The number of carbonyl (C=O) groups excluding carboxylic acids is 2. The average Bonchev–Trinajstić information content (AvgIpc) is 3.52. The van der Waals surface area contributed by atoms with Crippen molar-refractivity contribution >= 4 is 34.8 Å². The molecule has 34 heavy (non-hydrogen) atoms. The summed E-state index contributed by atoms with van der Waals surface area (Å²) in [6, 6.07) is 23.1. The lowest BCUT2D eigenvalue weighted by molar-refractivity contribution is -0.384. The van der Waals surface area contributed by atoms with Crippen molar-refractivity contribution in [3.05, 3.63) is 106 Å². The number of ketones is 1. The van der Waals surface area contributed by atoms with E-state index in [-0.39, 0.29) is 29.3 Å². The number of carbonyl (C=O) groups is 2. The number of rotatable bonds is 4. The van der Waals surface area contributed by atoms with Gasteiger partial charge in [0.15, 0.2) is 5.78 Å². The first-order chi connectivity index (χ1) is 16.5. The average molecular weight is 472 g/mol. The molecule has 7 nitrogen and oxygen atoms in total. The highest BCUT2D eigenvalue weighted by Crippen LogP contribution is 2.61. The number of nitro groups is 1. The summed E-state index contributed by atoms with van der Waals surface area (Å²) in [5.41, 5.74) is 1.83. The Morgan fingerprint density at radius 2 is 1.74 bits per heavy atom. The zero-order chi connectivity index (χ0) is 23.4. The minimum atomic E-state index is -1.13. The summed E-state index contributed by atoms with van der Waals surface area (Å²) in [6.07, 6.45) is 0. The van der Waals surface area contributed by atoms with Crippen molar-refractivity contribution in [2.45, 2.75) is 17.5 Å². The van der Waals surface area contributed by atoms with Crippen LogP contribution in [-0.2, 0) is 10.3 Å². The van der Waals surface area contributed by atoms with Crippen LogP contribution in [0.5, 0.6) is 0 Å². The van der Waals surface area contributed by atoms with Crippen LogP contribution in [0.4, 0.5) is 11.4 Å². The van der Waals surface area contributed by atoms with Crippen LogP contribution in [-0.4, -0.2) is 39.2 Å². The number of nitrogens with one attached hydrogen (secondary N) is 1. The van der Waals surface area contributed by atoms with Gasteiger partial charge >= 0.3 is 0 Å². The molecule has 3 aromatic carbocycles. The van der Waals surface area contributed by atoms with Gasteiger partial charge < -0.3 is 5.32 Å². The lowest BCUT2D eigenvalue weighted by Gasteiger charge is -2.36. The fourth-order valence-corrected chi connectivity index (χ4v) is 7.33. The summed E-state index contributed by atoms with van der Waals surface area (Å²) >= 11 is 1.75. The Morgan fingerprint density at radius 1 is 1.03 bits per heavy atom. The maximum Gasteiger partial charge on any atom is 0.269 e. The molecule has 0 radical (unpaired) electrons. The highest BCUT2D eigenvalue weighted by molar-refractivity contribution is 7.99. The van der Waals surface area contributed by atoms with E-state index in [1.165, 1.54) is 12.1 Å². The minimum absolute atomic E-state index is 0.00371. The summed E-state index contributed by atoms with van der Waals surface area (Å²) in [6.45, 7) is 0. The third kappa shape index (κ3) is 2.82. The topological polar surface area (TPSA) is 92.5 Å². The number of nitrogens with zero attached hydrogens (tertiary/aromatic N) is 2. The summed E-state index contributed by atoms with van der Waals surface area (Å²) < 4.78 is 0. The quantitative estimate of drug-likeness (QED) is 0.344. The predicted octanol–water partition coefficient (Wildman–Crippen LogP) is 4.41. The van der Waals surface area contributed by atoms with E-state index in [9.17, 15) is 19.7 Å². The first kappa shape index (κ1) is 21.1. The largest absolute Gasteiger partial charge is 0.324 e. The van der Waals surface area contributed by atoms with Gasteiger partial charge in [-0.25, -0.2) is 0 Å². The molecule has 0 unspecified atom stereocenters. The monoisotopic (exact) mass is 471 g/mol. The summed E-state index contributed by atoms with van der Waals surface area (Å²) in [5, 5.41) is 14.3. The molecule has 3 aromatic rings. The predicted molar refractivity (Wildman–Crippen MR) is 130 cm³/mol. The van der Waals surface area contributed by atoms with Crippen LogP contribution >= 0.6 is 11.8 Å². The highest BCUT2D eigenvalue weighted by Gasteiger charge is 2.69. The number of Topliss-reactive ketones (excluding diaryl/α,β-unsaturated/α-hetero) is 1. The van der Waals surface area contributed by atoms with Crippen molar-refractivity contribution in [3.63, 3.8) is 0 Å². The Bertz CT molecular complexity index is 1310. The summed E-state index contributed by atoms with van der Waals surface area (Å²) in [5.74, 6) is 0.174. The van der Waals surface area contributed by atoms with Gasteiger partial charge in [-0.3, -0.25) is 24.6 Å². The van der Waals surface area contributed by atoms with Crippen molar-refractivity contribution < 1.29 is 14.5 Å². The zero-order valence-electron chi connectivity index (χ0n) is 18.1. The molecule has 1 N–H and O–H groups in total. The van der Waals surface area contributed by atoms with Crippen LogP contribution in [0.2, 0.25) is 0 Å². The summed E-state index contributed by atoms with van der Waals surface area (Å²) in [4.78, 5) is 41.1. The molecule has 2 saturated heterocycles. The fraction of sp³-hybridized carbons (Fsp3) is 0.231. The molecule has 1 spiro atoms. The molecule has 170 valence electrons. The lowest BCUT2D eigenvalue weighted by Crippen LogP contribution is -2.52. The zero-order valence-corrected chi connectivity index (χ0v) is 18.9. The number of non-ortho nitro benzene ring substituents is 1. The molecular weight excluding hydrogens is 450 g/mol. The van der Waals surface area contributed by atoms with Crippen molar-refractivity contribution in [1.82, 2.24) is 4.90 Å². The van der Waals surface area contributed by atoms with Crippen molar-refractivity contribution in [2.24, 2.45) is 5.92 Å². The second kappa shape index (κ2) is 7.78. The van der Waals surface area contributed by atoms with Gasteiger partial charge in [-0.2, -0.15) is 0 Å². The van der Waals surface area contributed by atoms with Gasteiger partial charge in [-0.05, 0) is 11.6 Å². The molecule has 3 aliphatic heterocycles. The van der Waals surface area contributed by atoms with E-state index in [1.54, 1.807) is 36.0 Å². The molecule has 3 heterocycles. The van der Waals surface area contributed by atoms with E-state index in [1.807, 2.05) is 42.5 Å². The second-order valence-corrected chi connectivity index (χ2v) is 9.89. The molecule has 4 atom stereocenters. The molecule has 0 bridgehead atoms. The lowest BCUT2D eigenvalue weighted by atomic mass is 9.69. The van der Waals surface area contributed by atoms with Gasteiger partial charge in [0.1, 0.15) is 5.54 Å². The van der Waals surface area contributed by atoms with Crippen LogP contribution in [0.1, 0.15) is 27.4 Å². The maximum atomic E-state index is 14.2. The molecule has 2 fully saturated rings. The number of benzene rings is 3. The normalized spacial score (nSPS) is 27.4. The molecular formula is C26H21N3O4S. The van der Waals surface area contributed by atoms with Crippen LogP contribution in [0.15, 0.2) is 78.9 Å². The number of amides is 1. The first-order valence-corrected chi connectivity index (χ1v) is 12.3. The molecule has 0 saturated carbocycles. The number of thioether (sulfide) groups is 1. The molecule has 1 amide bonds. The Hall–Kier alpha value is -3.49. The van der Waals surface area contributed by atoms with E-state index in [0.717, 1.165) is 22.6 Å². The van der Waals surface area contributed by atoms with Gasteiger partial charge in [0.2, 0.25) is 5.91 Å². The van der Waals surface area contributed by atoms with Gasteiger partial charge in [0.25, 0.3) is 5.69 Å². The highest BCUT2D eigenvalue weighted by atomic mass is 32.2. The Morgan fingerprint density at radius 3 is 2.47 bits per heavy atom. The fourth-order valence-electron chi connectivity index (χ4n) is 6.01. The molecule has 0 aromatic heterocycles. The third-order valence-electron chi connectivity index (χ3n) is 7.36. The van der Waals surface area contributed by atoms with Crippen LogP contribution in [0.3, 0.4) is 0 Å². The van der Waals surface area contributed by atoms with Crippen LogP contribution in [0.25, 0.3) is 0 Å². The van der Waals surface area contributed by atoms with Crippen molar-refractivity contribution in [2.75, 3.05) is 16.9 Å². The van der Waals surface area contributed by atoms with E-state index >= 15 is 0 Å². The van der Waals surface area contributed by atoms with Gasteiger partial charge in [0.05, 0.1) is 10.8 Å². The van der Waals surface area contributed by atoms with Crippen molar-refractivity contribution in [3.8, 4) is 0 Å². The number of hydrogen-bond acceptors (Lipinski definition) is 6. The molecule has 6 rings (SSSR count). The van der Waals surface area contributed by atoms with Crippen LogP contribution in [0, 0.1) is 16.0 Å². The summed E-state index contributed by atoms with van der Waals surface area (Å²) in [7, 11) is 0. The maximum absolute atomic E-state index is 14.2. The number of anilines is 1. The molecule has 3 aliphatic rings. The standard InChI is InChI=1S/C26H21N3O4S/c30-24(17-6-2-1-3-7-17)23-22(16-10-12-18(13-11-16)29(32)33)21-14-34-15-28(21)26(23)19-8-4-5-9-20(19)27-25(26)31/h1-13,21-23H,14-15H2,(H,27,31)/t21-,22-,23+,26+/m1/s1. The van der Waals surface area contributed by atoms with Crippen LogP contribution < -0.4 is 5.32 Å². The van der Waals surface area contributed by atoms with E-state index in [2.05, 4.69) is 10.2 Å². The van der Waals surface area contributed by atoms with E-state index in [0.29, 0.717) is 11.4 Å². The van der Waals surface area contributed by atoms with Gasteiger partial charge in [0, 0.05) is 52.5 Å². The minimum Gasteiger partial charge on any atom is -0.324 e. The SMILES string of the molecule is O=C(c1ccccc1)[C@@H]1[C@H](c2ccc([N+](=O)[O-])cc2)[C@H]2CSCN2[C@]12C(=O)Nc1ccccc12. The Balaban J connectivity index is 1.59. The smallest absolute Gasteiger partial charge is 0.269 e. The van der Waals surface area contributed by atoms with E-state index in [4.69, 9.17) is 0 Å². The number of fused-ring (bicyclic) bond motifs is 4. The molecule has 8 heteroatoms. The number of nitro benzene ring substituents is 1. The first-order valence-electron chi connectivity index (χ1n) is 11.1. The van der Waals surface area contributed by atoms with E-state index < -0.39 is 16.4 Å². The van der Waals surface area contributed by atoms with Gasteiger partial charge in [-0.15, -0.1) is 11.8 Å². The Kier molecular flexibility index (Phi) is 4.82. The number of para-hydroxylation sites is 1.